The Morgan fingerprint density at radius 2 is 2.38 bits per heavy atom. The van der Waals surface area contributed by atoms with E-state index >= 15 is 0 Å². The standard InChI is InChI=1S/C12H18N2O2/c1-2-14-8-3-5-10(14)11(15)13-9-12(16)6-4-7-12/h3,5,8,16H,2,4,6-7,9H2,1H3,(H,13,15). The number of carbonyl (C=O) groups is 1. The third kappa shape index (κ3) is 2.11. The van der Waals surface area contributed by atoms with E-state index < -0.39 is 5.60 Å². The summed E-state index contributed by atoms with van der Waals surface area (Å²) in [6.07, 6.45) is 4.52. The Morgan fingerprint density at radius 1 is 1.62 bits per heavy atom. The van der Waals surface area contributed by atoms with E-state index in [0.29, 0.717) is 12.2 Å². The summed E-state index contributed by atoms with van der Waals surface area (Å²) >= 11 is 0. The van der Waals surface area contributed by atoms with E-state index in [0.717, 1.165) is 25.8 Å². The second-order valence-electron chi connectivity index (χ2n) is 4.44. The Bertz CT molecular complexity index is 380. The van der Waals surface area contributed by atoms with Crippen molar-refractivity contribution >= 4 is 5.91 Å². The number of amides is 1. The molecule has 1 fully saturated rings. The predicted molar refractivity (Wildman–Crippen MR) is 61.2 cm³/mol. The predicted octanol–water partition coefficient (Wildman–Crippen LogP) is 1.15. The quantitative estimate of drug-likeness (QED) is 0.803. The molecule has 4 nitrogen and oxygen atoms in total. The van der Waals surface area contributed by atoms with E-state index in [-0.39, 0.29) is 5.91 Å². The molecule has 0 radical (unpaired) electrons. The van der Waals surface area contributed by atoms with E-state index in [2.05, 4.69) is 5.32 Å². The zero-order valence-electron chi connectivity index (χ0n) is 9.57. The van der Waals surface area contributed by atoms with Crippen LogP contribution >= 0.6 is 0 Å². The highest BCUT2D eigenvalue weighted by atomic mass is 16.3. The lowest BCUT2D eigenvalue weighted by atomic mass is 9.80. The lowest BCUT2D eigenvalue weighted by molar-refractivity contribution is -0.0301. The lowest BCUT2D eigenvalue weighted by Gasteiger charge is -2.36. The van der Waals surface area contributed by atoms with E-state index in [1.165, 1.54) is 0 Å². The van der Waals surface area contributed by atoms with Crippen LogP contribution in [0.25, 0.3) is 0 Å². The Balaban J connectivity index is 1.93. The molecule has 0 aromatic carbocycles. The first-order valence-corrected chi connectivity index (χ1v) is 5.80. The zero-order valence-corrected chi connectivity index (χ0v) is 9.57. The van der Waals surface area contributed by atoms with Crippen LogP contribution in [0.2, 0.25) is 0 Å². The molecular formula is C12H18N2O2. The fourth-order valence-electron chi connectivity index (χ4n) is 1.99. The third-order valence-electron chi connectivity index (χ3n) is 3.27. The summed E-state index contributed by atoms with van der Waals surface area (Å²) in [7, 11) is 0. The Hall–Kier alpha value is -1.29. The van der Waals surface area contributed by atoms with Gasteiger partial charge in [0.1, 0.15) is 5.69 Å². The molecule has 0 atom stereocenters. The van der Waals surface area contributed by atoms with Crippen molar-refractivity contribution in [3.05, 3.63) is 24.0 Å². The molecule has 2 rings (SSSR count). The maximum absolute atomic E-state index is 11.8. The van der Waals surface area contributed by atoms with E-state index in [4.69, 9.17) is 0 Å². The summed E-state index contributed by atoms with van der Waals surface area (Å²) in [5, 5.41) is 12.7. The van der Waals surface area contributed by atoms with Gasteiger partial charge < -0.3 is 15.0 Å². The van der Waals surface area contributed by atoms with Gasteiger partial charge in [-0.15, -0.1) is 0 Å². The van der Waals surface area contributed by atoms with Crippen molar-refractivity contribution in [2.75, 3.05) is 6.54 Å². The Labute approximate surface area is 95.3 Å². The number of carbonyl (C=O) groups excluding carboxylic acids is 1. The fourth-order valence-corrected chi connectivity index (χ4v) is 1.99. The molecule has 1 amide bonds. The van der Waals surface area contributed by atoms with Crippen LogP contribution in [0.15, 0.2) is 18.3 Å². The van der Waals surface area contributed by atoms with Gasteiger partial charge in [0.25, 0.3) is 5.91 Å². The normalized spacial score (nSPS) is 17.9. The highest BCUT2D eigenvalue weighted by molar-refractivity contribution is 5.92. The largest absolute Gasteiger partial charge is 0.388 e. The van der Waals surface area contributed by atoms with Gasteiger partial charge in [-0.25, -0.2) is 0 Å². The second kappa shape index (κ2) is 4.29. The van der Waals surface area contributed by atoms with Gasteiger partial charge in [-0.3, -0.25) is 4.79 Å². The molecule has 4 heteroatoms. The van der Waals surface area contributed by atoms with Crippen molar-refractivity contribution < 1.29 is 9.90 Å². The van der Waals surface area contributed by atoms with E-state index in [1.54, 1.807) is 6.07 Å². The number of nitrogens with one attached hydrogen (secondary N) is 1. The van der Waals surface area contributed by atoms with Crippen LogP contribution in [0.4, 0.5) is 0 Å². The van der Waals surface area contributed by atoms with Gasteiger partial charge in [0.2, 0.25) is 0 Å². The number of aryl methyl sites for hydroxylation is 1. The highest BCUT2D eigenvalue weighted by Gasteiger charge is 2.34. The van der Waals surface area contributed by atoms with E-state index in [9.17, 15) is 9.90 Å². The average molecular weight is 222 g/mol. The van der Waals surface area contributed by atoms with Gasteiger partial charge in [0.15, 0.2) is 0 Å². The minimum absolute atomic E-state index is 0.104. The molecule has 1 saturated carbocycles. The van der Waals surface area contributed by atoms with Crippen molar-refractivity contribution in [2.24, 2.45) is 0 Å². The summed E-state index contributed by atoms with van der Waals surface area (Å²) < 4.78 is 1.89. The Morgan fingerprint density at radius 3 is 2.94 bits per heavy atom. The van der Waals surface area contributed by atoms with Gasteiger partial charge in [0, 0.05) is 19.3 Å². The number of hydrogen-bond acceptors (Lipinski definition) is 2. The first-order chi connectivity index (χ1) is 7.64. The summed E-state index contributed by atoms with van der Waals surface area (Å²) in [5.74, 6) is -0.104. The monoisotopic (exact) mass is 222 g/mol. The number of rotatable bonds is 4. The minimum atomic E-state index is -0.653. The van der Waals surface area contributed by atoms with Crippen LogP contribution in [0.5, 0.6) is 0 Å². The first kappa shape index (κ1) is 11.2. The molecule has 0 spiro atoms. The maximum atomic E-state index is 11.8. The van der Waals surface area contributed by atoms with Crippen molar-refractivity contribution in [1.82, 2.24) is 9.88 Å². The molecule has 2 N–H and O–H groups in total. The first-order valence-electron chi connectivity index (χ1n) is 5.80. The van der Waals surface area contributed by atoms with Crippen molar-refractivity contribution in [3.8, 4) is 0 Å². The lowest BCUT2D eigenvalue weighted by Crippen LogP contribution is -2.48. The van der Waals surface area contributed by atoms with Crippen molar-refractivity contribution in [3.63, 3.8) is 0 Å². The molecule has 1 aliphatic carbocycles. The Kier molecular flexibility index (Phi) is 3.01. The average Bonchev–Trinajstić information content (AvgIpc) is 2.71. The topological polar surface area (TPSA) is 54.3 Å². The van der Waals surface area contributed by atoms with Crippen LogP contribution in [-0.4, -0.2) is 27.7 Å². The van der Waals surface area contributed by atoms with Crippen LogP contribution in [0.3, 0.4) is 0 Å². The molecule has 1 aliphatic rings. The molecule has 1 aromatic rings. The fraction of sp³-hybridized carbons (Fsp3) is 0.583. The molecule has 16 heavy (non-hydrogen) atoms. The maximum Gasteiger partial charge on any atom is 0.268 e. The summed E-state index contributed by atoms with van der Waals surface area (Å²) in [6.45, 7) is 3.14. The molecule has 0 unspecified atom stereocenters. The van der Waals surface area contributed by atoms with Crippen LogP contribution < -0.4 is 5.32 Å². The molecule has 88 valence electrons. The molecule has 0 bridgehead atoms. The zero-order chi connectivity index (χ0) is 11.6. The number of nitrogens with zero attached hydrogens (tertiary/aromatic N) is 1. The SMILES string of the molecule is CCn1cccc1C(=O)NCC1(O)CCC1. The number of hydrogen-bond donors (Lipinski definition) is 2. The van der Waals surface area contributed by atoms with Crippen molar-refractivity contribution in [1.29, 1.82) is 0 Å². The molecule has 0 saturated heterocycles. The van der Waals surface area contributed by atoms with Gasteiger partial charge in [-0.05, 0) is 38.3 Å². The molecule has 1 heterocycles. The highest BCUT2D eigenvalue weighted by Crippen LogP contribution is 2.30. The third-order valence-corrected chi connectivity index (χ3v) is 3.27. The molecule has 1 aromatic heterocycles. The van der Waals surface area contributed by atoms with Gasteiger partial charge in [-0.1, -0.05) is 0 Å². The summed E-state index contributed by atoms with van der Waals surface area (Å²) in [5.41, 5.74) is 0.00432. The molecular weight excluding hydrogens is 204 g/mol. The van der Waals surface area contributed by atoms with E-state index in [1.807, 2.05) is 23.8 Å². The molecule has 0 aliphatic heterocycles. The van der Waals surface area contributed by atoms with Gasteiger partial charge >= 0.3 is 0 Å². The van der Waals surface area contributed by atoms with Crippen LogP contribution in [0.1, 0.15) is 36.7 Å². The second-order valence-corrected chi connectivity index (χ2v) is 4.44. The smallest absolute Gasteiger partial charge is 0.268 e. The van der Waals surface area contributed by atoms with Crippen LogP contribution in [0, 0.1) is 0 Å². The van der Waals surface area contributed by atoms with Crippen LogP contribution in [-0.2, 0) is 6.54 Å². The van der Waals surface area contributed by atoms with Crippen molar-refractivity contribution in [2.45, 2.75) is 38.3 Å². The number of aromatic nitrogens is 1. The summed E-state index contributed by atoms with van der Waals surface area (Å²) in [6, 6.07) is 3.65. The van der Waals surface area contributed by atoms with Gasteiger partial charge in [0.05, 0.1) is 5.60 Å². The summed E-state index contributed by atoms with van der Waals surface area (Å²) in [4.78, 5) is 11.8. The van der Waals surface area contributed by atoms with Gasteiger partial charge in [-0.2, -0.15) is 0 Å². The number of aliphatic hydroxyl groups is 1. The minimum Gasteiger partial charge on any atom is -0.388 e.